The van der Waals surface area contributed by atoms with Crippen molar-refractivity contribution in [2.75, 3.05) is 0 Å². The fourth-order valence-corrected chi connectivity index (χ4v) is 3.72. The van der Waals surface area contributed by atoms with Crippen molar-refractivity contribution in [3.05, 3.63) is 72.2 Å². The van der Waals surface area contributed by atoms with Gasteiger partial charge in [0.15, 0.2) is 0 Å². The number of amides is 1. The number of aliphatic hydroxyl groups is 1. The molecule has 1 N–H and O–H groups in total. The molecule has 2 aromatic heterocycles. The molecular formula is C25H27N3O4. The molecular weight excluding hydrogens is 406 g/mol. The molecule has 0 unspecified atom stereocenters. The molecule has 0 radical (unpaired) electrons. The lowest BCUT2D eigenvalue weighted by Gasteiger charge is -2.34. The Balaban J connectivity index is 1.72. The second kappa shape index (κ2) is 8.51. The highest BCUT2D eigenvalue weighted by Gasteiger charge is 2.29. The SMILES string of the molecule is Cn1cc(-c2c(CO)cc(OC(=O)N(Cc3ccccc3)C(C)(C)C)c3ccoc23)cn1. The van der Waals surface area contributed by atoms with Crippen LogP contribution in [0.4, 0.5) is 4.79 Å². The van der Waals surface area contributed by atoms with Crippen molar-refractivity contribution in [2.45, 2.75) is 39.5 Å². The van der Waals surface area contributed by atoms with Crippen LogP contribution in [0.2, 0.25) is 0 Å². The Labute approximate surface area is 186 Å². The van der Waals surface area contributed by atoms with Gasteiger partial charge >= 0.3 is 6.09 Å². The molecule has 4 aromatic rings. The van der Waals surface area contributed by atoms with E-state index < -0.39 is 11.6 Å². The van der Waals surface area contributed by atoms with Gasteiger partial charge in [-0.15, -0.1) is 0 Å². The lowest BCUT2D eigenvalue weighted by molar-refractivity contribution is 0.102. The predicted molar refractivity (Wildman–Crippen MR) is 122 cm³/mol. The minimum Gasteiger partial charge on any atom is -0.464 e. The number of benzene rings is 2. The number of aromatic nitrogens is 2. The maximum Gasteiger partial charge on any atom is 0.415 e. The highest BCUT2D eigenvalue weighted by atomic mass is 16.6. The number of rotatable bonds is 5. The first kappa shape index (κ1) is 21.6. The van der Waals surface area contributed by atoms with E-state index in [9.17, 15) is 9.90 Å². The van der Waals surface area contributed by atoms with Crippen molar-refractivity contribution in [1.29, 1.82) is 0 Å². The summed E-state index contributed by atoms with van der Waals surface area (Å²) in [6.07, 6.45) is 4.64. The molecule has 7 nitrogen and oxygen atoms in total. The minimum atomic E-state index is -0.470. The normalized spacial score (nSPS) is 11.7. The molecule has 1 amide bonds. The number of ether oxygens (including phenoxy) is 1. The summed E-state index contributed by atoms with van der Waals surface area (Å²) in [7, 11) is 1.82. The van der Waals surface area contributed by atoms with Gasteiger partial charge in [-0.2, -0.15) is 5.10 Å². The highest BCUT2D eigenvalue weighted by Crippen LogP contribution is 2.39. The average molecular weight is 434 g/mol. The van der Waals surface area contributed by atoms with E-state index in [1.807, 2.05) is 64.3 Å². The molecule has 0 bridgehead atoms. The van der Waals surface area contributed by atoms with Crippen molar-refractivity contribution in [2.24, 2.45) is 7.05 Å². The predicted octanol–water partition coefficient (Wildman–Crippen LogP) is 5.13. The van der Waals surface area contributed by atoms with Crippen LogP contribution in [0.3, 0.4) is 0 Å². The number of carbonyl (C=O) groups excluding carboxylic acids is 1. The minimum absolute atomic E-state index is 0.238. The second-order valence-corrected chi connectivity index (χ2v) is 8.74. The maximum absolute atomic E-state index is 13.3. The summed E-state index contributed by atoms with van der Waals surface area (Å²) in [4.78, 5) is 15.0. The fraction of sp³-hybridized carbons (Fsp3) is 0.280. The molecule has 2 heterocycles. The van der Waals surface area contributed by atoms with Gasteiger partial charge in [0.05, 0.1) is 24.5 Å². The van der Waals surface area contributed by atoms with E-state index in [1.54, 1.807) is 34.2 Å². The van der Waals surface area contributed by atoms with Crippen LogP contribution in [-0.4, -0.2) is 31.4 Å². The molecule has 0 saturated heterocycles. The summed E-state index contributed by atoms with van der Waals surface area (Å²) in [5, 5.41) is 14.9. The number of aliphatic hydroxyl groups excluding tert-OH is 1. The van der Waals surface area contributed by atoms with Crippen LogP contribution < -0.4 is 4.74 Å². The Hall–Kier alpha value is -3.58. The number of nitrogens with zero attached hydrogens (tertiary/aromatic N) is 3. The Kier molecular flexibility index (Phi) is 5.76. The zero-order valence-corrected chi connectivity index (χ0v) is 18.7. The summed E-state index contributed by atoms with van der Waals surface area (Å²) in [6, 6.07) is 13.3. The number of hydrogen-bond acceptors (Lipinski definition) is 5. The van der Waals surface area contributed by atoms with Crippen molar-refractivity contribution in [1.82, 2.24) is 14.7 Å². The lowest BCUT2D eigenvalue weighted by atomic mass is 9.99. The van der Waals surface area contributed by atoms with Crippen molar-refractivity contribution in [3.63, 3.8) is 0 Å². The van der Waals surface area contributed by atoms with Crippen molar-refractivity contribution in [3.8, 4) is 16.9 Å². The van der Waals surface area contributed by atoms with E-state index >= 15 is 0 Å². The van der Waals surface area contributed by atoms with E-state index in [1.165, 1.54) is 0 Å². The fourth-order valence-electron chi connectivity index (χ4n) is 3.72. The van der Waals surface area contributed by atoms with Gasteiger partial charge in [0.1, 0.15) is 11.3 Å². The third kappa shape index (κ3) is 4.24. The molecule has 32 heavy (non-hydrogen) atoms. The largest absolute Gasteiger partial charge is 0.464 e. The van der Waals surface area contributed by atoms with Gasteiger partial charge in [-0.25, -0.2) is 4.79 Å². The summed E-state index contributed by atoms with van der Waals surface area (Å²) in [6.45, 7) is 6.08. The third-order valence-corrected chi connectivity index (χ3v) is 5.36. The van der Waals surface area contributed by atoms with Crippen LogP contribution in [0.15, 0.2) is 65.5 Å². The zero-order chi connectivity index (χ0) is 22.9. The van der Waals surface area contributed by atoms with Gasteiger partial charge in [0.25, 0.3) is 0 Å². The van der Waals surface area contributed by atoms with Crippen LogP contribution in [0.25, 0.3) is 22.1 Å². The monoisotopic (exact) mass is 433 g/mol. The highest BCUT2D eigenvalue weighted by molar-refractivity contribution is 5.98. The lowest BCUT2D eigenvalue weighted by Crippen LogP contribution is -2.46. The first-order chi connectivity index (χ1) is 15.3. The average Bonchev–Trinajstić information content (AvgIpc) is 3.41. The summed E-state index contributed by atoms with van der Waals surface area (Å²) < 4.78 is 13.3. The van der Waals surface area contributed by atoms with Gasteiger partial charge in [0, 0.05) is 36.5 Å². The molecule has 4 rings (SSSR count). The summed E-state index contributed by atoms with van der Waals surface area (Å²) in [5.74, 6) is 0.345. The Morgan fingerprint density at radius 1 is 1.22 bits per heavy atom. The van der Waals surface area contributed by atoms with E-state index in [2.05, 4.69) is 5.10 Å². The van der Waals surface area contributed by atoms with Crippen LogP contribution in [0.1, 0.15) is 31.9 Å². The van der Waals surface area contributed by atoms with Gasteiger partial charge < -0.3 is 14.3 Å². The van der Waals surface area contributed by atoms with E-state index in [-0.39, 0.29) is 6.61 Å². The molecule has 7 heteroatoms. The first-order valence-corrected chi connectivity index (χ1v) is 10.4. The molecule has 0 saturated carbocycles. The molecule has 0 fully saturated rings. The number of hydrogen-bond donors (Lipinski definition) is 1. The van der Waals surface area contributed by atoms with Gasteiger partial charge in [-0.05, 0) is 44.0 Å². The second-order valence-electron chi connectivity index (χ2n) is 8.74. The van der Waals surface area contributed by atoms with Crippen LogP contribution in [0, 0.1) is 0 Å². The topological polar surface area (TPSA) is 80.7 Å². The number of fused-ring (bicyclic) bond motifs is 1. The number of furan rings is 1. The van der Waals surface area contributed by atoms with Crippen LogP contribution >= 0.6 is 0 Å². The molecule has 0 aliphatic rings. The Bertz CT molecular complexity index is 1240. The van der Waals surface area contributed by atoms with Crippen LogP contribution in [0.5, 0.6) is 5.75 Å². The smallest absolute Gasteiger partial charge is 0.415 e. The van der Waals surface area contributed by atoms with Crippen molar-refractivity contribution >= 4 is 17.1 Å². The molecule has 0 aliphatic heterocycles. The van der Waals surface area contributed by atoms with Gasteiger partial charge in [0.2, 0.25) is 0 Å². The zero-order valence-electron chi connectivity index (χ0n) is 18.7. The summed E-state index contributed by atoms with van der Waals surface area (Å²) in [5.41, 5.74) is 3.23. The third-order valence-electron chi connectivity index (χ3n) is 5.36. The standard InChI is InChI=1S/C25H27N3O4/c1-25(2,3)28(14-17-8-6-5-7-9-17)24(30)32-21-12-18(16-29)22(19-13-26-27(4)15-19)23-20(21)10-11-31-23/h5-13,15,29H,14,16H2,1-4H3. The van der Waals surface area contributed by atoms with Crippen molar-refractivity contribution < 1.29 is 19.1 Å². The van der Waals surface area contributed by atoms with Gasteiger partial charge in [-0.1, -0.05) is 30.3 Å². The quantitative estimate of drug-likeness (QED) is 0.472. The Morgan fingerprint density at radius 2 is 1.97 bits per heavy atom. The Morgan fingerprint density at radius 3 is 2.59 bits per heavy atom. The molecule has 166 valence electrons. The van der Waals surface area contributed by atoms with E-state index in [0.717, 1.165) is 16.7 Å². The van der Waals surface area contributed by atoms with E-state index in [0.29, 0.717) is 28.8 Å². The van der Waals surface area contributed by atoms with Gasteiger partial charge in [-0.3, -0.25) is 9.58 Å². The first-order valence-electron chi connectivity index (χ1n) is 10.4. The molecule has 2 aromatic carbocycles. The van der Waals surface area contributed by atoms with E-state index in [4.69, 9.17) is 9.15 Å². The molecule has 0 atom stereocenters. The molecule has 0 spiro atoms. The van der Waals surface area contributed by atoms with Crippen LogP contribution in [-0.2, 0) is 20.2 Å². The maximum atomic E-state index is 13.3. The number of carbonyl (C=O) groups is 1. The number of aryl methyl sites for hydroxylation is 1. The summed E-state index contributed by atoms with van der Waals surface area (Å²) >= 11 is 0. The molecule has 0 aliphatic carbocycles.